The van der Waals surface area contributed by atoms with Crippen LogP contribution in [0.1, 0.15) is 11.1 Å². The number of hydrogen-bond donors (Lipinski definition) is 1. The zero-order valence-electron chi connectivity index (χ0n) is 9.26. The Labute approximate surface area is 95.3 Å². The molecule has 15 heavy (non-hydrogen) atoms. The Morgan fingerprint density at radius 3 is 2.33 bits per heavy atom. The zero-order chi connectivity index (χ0) is 11.3. The third-order valence-corrected chi connectivity index (χ3v) is 2.44. The van der Waals surface area contributed by atoms with Crippen molar-refractivity contribution in [2.45, 2.75) is 13.5 Å². The molecule has 0 aliphatic heterocycles. The molecule has 1 aromatic rings. The summed E-state index contributed by atoms with van der Waals surface area (Å²) in [6, 6.07) is 4.37. The summed E-state index contributed by atoms with van der Waals surface area (Å²) in [4.78, 5) is 0. The Balaban J connectivity index is 2.97. The molecule has 0 aliphatic carbocycles. The minimum atomic E-state index is 0.438. The van der Waals surface area contributed by atoms with Crippen LogP contribution < -0.4 is 14.8 Å². The molecule has 4 heteroatoms. The molecule has 0 saturated carbocycles. The Kier molecular flexibility index (Phi) is 4.72. The van der Waals surface area contributed by atoms with E-state index in [2.05, 4.69) is 5.32 Å². The van der Waals surface area contributed by atoms with Crippen molar-refractivity contribution in [2.24, 2.45) is 0 Å². The van der Waals surface area contributed by atoms with E-state index in [1.165, 1.54) is 0 Å². The summed E-state index contributed by atoms with van der Waals surface area (Å²) in [5.41, 5.74) is 2.32. The van der Waals surface area contributed by atoms with Crippen molar-refractivity contribution >= 4 is 11.6 Å². The number of nitrogens with one attached hydrogen (secondary N) is 1. The molecule has 84 valence electrons. The van der Waals surface area contributed by atoms with E-state index in [9.17, 15) is 0 Å². The van der Waals surface area contributed by atoms with E-state index in [4.69, 9.17) is 21.1 Å². The van der Waals surface area contributed by atoms with Crippen LogP contribution in [0.4, 0.5) is 0 Å². The Morgan fingerprint density at radius 2 is 1.80 bits per heavy atom. The van der Waals surface area contributed by atoms with E-state index >= 15 is 0 Å². The van der Waals surface area contributed by atoms with Crippen molar-refractivity contribution in [3.05, 3.63) is 23.3 Å². The molecule has 1 aromatic carbocycles. The molecule has 0 amide bonds. The lowest BCUT2D eigenvalue weighted by Gasteiger charge is -2.12. The zero-order valence-corrected chi connectivity index (χ0v) is 10.0. The fourth-order valence-electron chi connectivity index (χ4n) is 1.40. The Morgan fingerprint density at radius 1 is 1.20 bits per heavy atom. The summed E-state index contributed by atoms with van der Waals surface area (Å²) in [5, 5.41) is 3.06. The van der Waals surface area contributed by atoms with Gasteiger partial charge in [0, 0.05) is 6.54 Å². The van der Waals surface area contributed by atoms with Gasteiger partial charge in [-0.15, -0.1) is 11.6 Å². The van der Waals surface area contributed by atoms with Crippen LogP contribution in [0.15, 0.2) is 12.1 Å². The van der Waals surface area contributed by atoms with E-state index in [1.54, 1.807) is 14.2 Å². The highest BCUT2D eigenvalue weighted by molar-refractivity contribution is 6.17. The van der Waals surface area contributed by atoms with Gasteiger partial charge in [-0.25, -0.2) is 0 Å². The molecular weight excluding hydrogens is 214 g/mol. The summed E-state index contributed by atoms with van der Waals surface area (Å²) in [7, 11) is 3.26. The molecule has 0 radical (unpaired) electrons. The number of benzene rings is 1. The second-order valence-electron chi connectivity index (χ2n) is 3.19. The predicted octanol–water partition coefficient (Wildman–Crippen LogP) is 2.30. The van der Waals surface area contributed by atoms with Crippen molar-refractivity contribution in [2.75, 3.05) is 20.2 Å². The van der Waals surface area contributed by atoms with Crippen LogP contribution in [-0.2, 0) is 6.54 Å². The smallest absolute Gasteiger partial charge is 0.161 e. The molecule has 0 fully saturated rings. The topological polar surface area (TPSA) is 30.5 Å². The minimum Gasteiger partial charge on any atom is -0.493 e. The maximum absolute atomic E-state index is 5.57. The van der Waals surface area contributed by atoms with Crippen molar-refractivity contribution in [3.8, 4) is 11.5 Å². The van der Waals surface area contributed by atoms with E-state index < -0.39 is 0 Å². The van der Waals surface area contributed by atoms with Crippen LogP contribution in [0.3, 0.4) is 0 Å². The average Bonchev–Trinajstić information content (AvgIpc) is 2.27. The normalized spacial score (nSPS) is 10.1. The van der Waals surface area contributed by atoms with Crippen molar-refractivity contribution < 1.29 is 9.47 Å². The maximum atomic E-state index is 5.57. The van der Waals surface area contributed by atoms with E-state index in [-0.39, 0.29) is 0 Å². The summed E-state index contributed by atoms with van der Waals surface area (Å²) in [6.45, 7) is 2.77. The molecule has 0 bridgehead atoms. The highest BCUT2D eigenvalue weighted by Crippen LogP contribution is 2.30. The van der Waals surface area contributed by atoms with Gasteiger partial charge in [0.1, 0.15) is 0 Å². The Hall–Kier alpha value is -0.930. The monoisotopic (exact) mass is 229 g/mol. The number of halogens is 1. The molecule has 1 N–H and O–H groups in total. The number of ether oxygens (including phenoxy) is 2. The molecule has 0 unspecified atom stereocenters. The van der Waals surface area contributed by atoms with Gasteiger partial charge in [0.05, 0.1) is 20.2 Å². The van der Waals surface area contributed by atoms with Gasteiger partial charge in [-0.1, -0.05) is 0 Å². The van der Waals surface area contributed by atoms with Crippen LogP contribution >= 0.6 is 11.6 Å². The highest BCUT2D eigenvalue weighted by atomic mass is 35.5. The largest absolute Gasteiger partial charge is 0.493 e. The number of aryl methyl sites for hydroxylation is 1. The standard InChI is InChI=1S/C11H16ClNO2/c1-8-4-10(14-2)11(15-3)5-9(8)6-13-7-12/h4-5,13H,6-7H2,1-3H3. The van der Waals surface area contributed by atoms with Crippen LogP contribution in [0.25, 0.3) is 0 Å². The van der Waals surface area contributed by atoms with Gasteiger partial charge >= 0.3 is 0 Å². The summed E-state index contributed by atoms with van der Waals surface area (Å²) in [6.07, 6.45) is 0. The van der Waals surface area contributed by atoms with Gasteiger partial charge in [0.2, 0.25) is 0 Å². The van der Waals surface area contributed by atoms with E-state index in [1.807, 2.05) is 19.1 Å². The van der Waals surface area contributed by atoms with Crippen molar-refractivity contribution in [3.63, 3.8) is 0 Å². The quantitative estimate of drug-likeness (QED) is 0.621. The van der Waals surface area contributed by atoms with Crippen LogP contribution in [-0.4, -0.2) is 20.2 Å². The minimum absolute atomic E-state index is 0.438. The molecular formula is C11H16ClNO2. The number of rotatable bonds is 5. The third kappa shape index (κ3) is 3.01. The lowest BCUT2D eigenvalue weighted by Crippen LogP contribution is -2.11. The maximum Gasteiger partial charge on any atom is 0.161 e. The first-order valence-corrected chi connectivity index (χ1v) is 5.24. The third-order valence-electron chi connectivity index (χ3n) is 2.25. The molecule has 0 saturated heterocycles. The second-order valence-corrected chi connectivity index (χ2v) is 3.46. The van der Waals surface area contributed by atoms with Crippen LogP contribution in [0, 0.1) is 6.92 Å². The molecule has 3 nitrogen and oxygen atoms in total. The van der Waals surface area contributed by atoms with Gasteiger partial charge in [-0.2, -0.15) is 0 Å². The number of alkyl halides is 1. The predicted molar refractivity (Wildman–Crippen MR) is 61.8 cm³/mol. The number of hydrogen-bond acceptors (Lipinski definition) is 3. The molecule has 1 rings (SSSR count). The van der Waals surface area contributed by atoms with Crippen LogP contribution in [0.2, 0.25) is 0 Å². The highest BCUT2D eigenvalue weighted by Gasteiger charge is 2.07. The molecule has 0 aliphatic rings. The van der Waals surface area contributed by atoms with Gasteiger partial charge in [0.25, 0.3) is 0 Å². The van der Waals surface area contributed by atoms with Gasteiger partial charge < -0.3 is 9.47 Å². The van der Waals surface area contributed by atoms with Crippen LogP contribution in [0.5, 0.6) is 11.5 Å². The lowest BCUT2D eigenvalue weighted by atomic mass is 10.1. The van der Waals surface area contributed by atoms with E-state index in [0.29, 0.717) is 6.00 Å². The molecule has 0 spiro atoms. The van der Waals surface area contributed by atoms with E-state index in [0.717, 1.165) is 29.2 Å². The SMILES string of the molecule is COc1cc(C)c(CNCCl)cc1OC. The second kappa shape index (κ2) is 5.83. The number of methoxy groups -OCH3 is 2. The van der Waals surface area contributed by atoms with Gasteiger partial charge in [-0.05, 0) is 30.2 Å². The molecule has 0 aromatic heterocycles. The van der Waals surface area contributed by atoms with Gasteiger partial charge in [0.15, 0.2) is 11.5 Å². The van der Waals surface area contributed by atoms with Crippen molar-refractivity contribution in [1.82, 2.24) is 5.32 Å². The summed E-state index contributed by atoms with van der Waals surface area (Å²) < 4.78 is 10.4. The fraction of sp³-hybridized carbons (Fsp3) is 0.455. The first-order chi connectivity index (χ1) is 7.22. The first kappa shape index (κ1) is 12.1. The first-order valence-electron chi connectivity index (χ1n) is 4.71. The van der Waals surface area contributed by atoms with Gasteiger partial charge in [-0.3, -0.25) is 5.32 Å². The summed E-state index contributed by atoms with van der Waals surface area (Å²) >= 11 is 5.57. The average molecular weight is 230 g/mol. The lowest BCUT2D eigenvalue weighted by molar-refractivity contribution is 0.354. The molecule has 0 atom stereocenters. The fourth-order valence-corrected chi connectivity index (χ4v) is 1.49. The summed E-state index contributed by atoms with van der Waals surface area (Å²) in [5.74, 6) is 1.50. The Bertz CT molecular complexity index is 329. The molecule has 0 heterocycles. The van der Waals surface area contributed by atoms with Crippen molar-refractivity contribution in [1.29, 1.82) is 0 Å².